The number of hydrogen-bond acceptors (Lipinski definition) is 1. The second-order valence-electron chi connectivity index (χ2n) is 4.67. The van der Waals surface area contributed by atoms with Crippen molar-refractivity contribution in [3.63, 3.8) is 0 Å². The Morgan fingerprint density at radius 3 is 2.05 bits per heavy atom. The molecule has 1 nitrogen and oxygen atoms in total. The molecule has 0 aliphatic rings. The van der Waals surface area contributed by atoms with Gasteiger partial charge in [0.1, 0.15) is 0 Å². The molecule has 0 saturated heterocycles. The summed E-state index contributed by atoms with van der Waals surface area (Å²) < 4.78 is 25.9. The molecule has 0 amide bonds. The minimum Gasteiger partial charge on any atom is -0.327 e. The van der Waals surface area contributed by atoms with Gasteiger partial charge in [0.15, 0.2) is 11.6 Å². The quantitative estimate of drug-likeness (QED) is 0.890. The predicted octanol–water partition coefficient (Wildman–Crippen LogP) is 4.38. The average Bonchev–Trinajstić information content (AvgIpc) is 2.38. The van der Waals surface area contributed by atoms with E-state index in [-0.39, 0.29) is 6.04 Å². The fourth-order valence-corrected chi connectivity index (χ4v) is 2.33. The normalized spacial score (nSPS) is 12.4. The van der Waals surface area contributed by atoms with E-state index in [1.165, 1.54) is 12.1 Å². The number of nitrogens with two attached hydrogens (primary N) is 1. The van der Waals surface area contributed by atoms with Gasteiger partial charge in [-0.2, -0.15) is 0 Å². The summed E-state index contributed by atoms with van der Waals surface area (Å²) in [6.45, 7) is 0. The van der Waals surface area contributed by atoms with E-state index in [4.69, 9.17) is 28.9 Å². The third kappa shape index (κ3) is 3.92. The first-order valence-electron chi connectivity index (χ1n) is 6.09. The first-order chi connectivity index (χ1) is 9.45. The van der Waals surface area contributed by atoms with Crippen LogP contribution >= 0.6 is 23.2 Å². The van der Waals surface area contributed by atoms with Gasteiger partial charge in [0.2, 0.25) is 0 Å². The molecule has 20 heavy (non-hydrogen) atoms. The Morgan fingerprint density at radius 2 is 1.45 bits per heavy atom. The van der Waals surface area contributed by atoms with Crippen LogP contribution in [0.25, 0.3) is 0 Å². The van der Waals surface area contributed by atoms with Crippen molar-refractivity contribution in [1.29, 1.82) is 0 Å². The molecule has 0 aliphatic heterocycles. The molecule has 5 heteroatoms. The molecule has 106 valence electrons. The Balaban J connectivity index is 2.02. The van der Waals surface area contributed by atoms with Crippen molar-refractivity contribution in [3.8, 4) is 0 Å². The number of hydrogen-bond donors (Lipinski definition) is 1. The van der Waals surface area contributed by atoms with Crippen LogP contribution in [-0.4, -0.2) is 6.04 Å². The predicted molar refractivity (Wildman–Crippen MR) is 78.2 cm³/mol. The van der Waals surface area contributed by atoms with E-state index in [0.717, 1.165) is 11.6 Å². The van der Waals surface area contributed by atoms with Crippen LogP contribution in [0.5, 0.6) is 0 Å². The molecule has 2 aromatic carbocycles. The topological polar surface area (TPSA) is 26.0 Å². The van der Waals surface area contributed by atoms with Gasteiger partial charge in [-0.25, -0.2) is 8.78 Å². The lowest BCUT2D eigenvalue weighted by Crippen LogP contribution is -2.25. The molecule has 0 spiro atoms. The van der Waals surface area contributed by atoms with Crippen molar-refractivity contribution in [2.45, 2.75) is 18.9 Å². The molecule has 2 N–H and O–H groups in total. The van der Waals surface area contributed by atoms with Crippen LogP contribution in [0, 0.1) is 11.6 Å². The highest BCUT2D eigenvalue weighted by Crippen LogP contribution is 2.23. The Kier molecular flexibility index (Phi) is 4.97. The third-order valence-electron chi connectivity index (χ3n) is 2.96. The first-order valence-corrected chi connectivity index (χ1v) is 6.84. The standard InChI is InChI=1S/C15H13Cl2F2N/c16-12-3-1-9(7-13(12)17)5-11(20)6-10-2-4-14(18)15(19)8-10/h1-4,7-8,11H,5-6,20H2. The van der Waals surface area contributed by atoms with Crippen molar-refractivity contribution in [3.05, 3.63) is 69.2 Å². The summed E-state index contributed by atoms with van der Waals surface area (Å²) in [6, 6.07) is 8.92. The minimum absolute atomic E-state index is 0.211. The summed E-state index contributed by atoms with van der Waals surface area (Å²) >= 11 is 11.8. The Morgan fingerprint density at radius 1 is 0.850 bits per heavy atom. The molecule has 2 aromatic rings. The maximum atomic E-state index is 13.1. The SMILES string of the molecule is NC(Cc1ccc(F)c(F)c1)Cc1ccc(Cl)c(Cl)c1. The van der Waals surface area contributed by atoms with Crippen LogP contribution in [0.3, 0.4) is 0 Å². The Hall–Kier alpha value is -1.16. The molecule has 2 rings (SSSR count). The zero-order valence-electron chi connectivity index (χ0n) is 10.5. The lowest BCUT2D eigenvalue weighted by molar-refractivity contribution is 0.506. The van der Waals surface area contributed by atoms with Gasteiger partial charge >= 0.3 is 0 Å². The molecule has 0 bridgehead atoms. The molecule has 0 aliphatic carbocycles. The van der Waals surface area contributed by atoms with Crippen LogP contribution in [0.1, 0.15) is 11.1 Å². The molecule has 0 heterocycles. The van der Waals surface area contributed by atoms with Gasteiger partial charge in [0.25, 0.3) is 0 Å². The monoisotopic (exact) mass is 315 g/mol. The summed E-state index contributed by atoms with van der Waals surface area (Å²) in [7, 11) is 0. The minimum atomic E-state index is -0.857. The summed E-state index contributed by atoms with van der Waals surface area (Å²) in [5.74, 6) is -1.71. The van der Waals surface area contributed by atoms with Crippen LogP contribution in [0.4, 0.5) is 8.78 Å². The third-order valence-corrected chi connectivity index (χ3v) is 3.70. The van der Waals surface area contributed by atoms with Crippen LogP contribution in [0.2, 0.25) is 10.0 Å². The van der Waals surface area contributed by atoms with E-state index in [9.17, 15) is 8.78 Å². The number of benzene rings is 2. The van der Waals surface area contributed by atoms with Crippen molar-refractivity contribution in [2.75, 3.05) is 0 Å². The number of halogens is 4. The van der Waals surface area contributed by atoms with Gasteiger partial charge in [-0.1, -0.05) is 35.3 Å². The average molecular weight is 316 g/mol. The van der Waals surface area contributed by atoms with E-state index in [1.54, 1.807) is 12.1 Å². The van der Waals surface area contributed by atoms with Crippen LogP contribution in [0.15, 0.2) is 36.4 Å². The number of rotatable bonds is 4. The second kappa shape index (κ2) is 6.53. The first kappa shape index (κ1) is 15.2. The Labute approximate surface area is 126 Å². The molecule has 0 radical (unpaired) electrons. The highest BCUT2D eigenvalue weighted by atomic mass is 35.5. The molecular formula is C15H13Cl2F2N. The molecule has 0 fully saturated rings. The van der Waals surface area contributed by atoms with Gasteiger partial charge in [-0.05, 0) is 48.2 Å². The molecule has 0 aromatic heterocycles. The van der Waals surface area contributed by atoms with E-state index < -0.39 is 11.6 Å². The second-order valence-corrected chi connectivity index (χ2v) is 5.48. The van der Waals surface area contributed by atoms with Gasteiger partial charge in [0.05, 0.1) is 10.0 Å². The largest absolute Gasteiger partial charge is 0.327 e. The van der Waals surface area contributed by atoms with E-state index >= 15 is 0 Å². The fourth-order valence-electron chi connectivity index (χ4n) is 2.01. The smallest absolute Gasteiger partial charge is 0.159 e. The maximum Gasteiger partial charge on any atom is 0.159 e. The van der Waals surface area contributed by atoms with Gasteiger partial charge in [-0.15, -0.1) is 0 Å². The zero-order valence-corrected chi connectivity index (χ0v) is 12.1. The summed E-state index contributed by atoms with van der Waals surface area (Å²) in [5.41, 5.74) is 7.64. The van der Waals surface area contributed by atoms with Crippen LogP contribution in [-0.2, 0) is 12.8 Å². The molecule has 1 unspecified atom stereocenters. The van der Waals surface area contributed by atoms with E-state index in [2.05, 4.69) is 0 Å². The van der Waals surface area contributed by atoms with Crippen molar-refractivity contribution >= 4 is 23.2 Å². The Bertz CT molecular complexity index is 563. The molecule has 1 atom stereocenters. The maximum absolute atomic E-state index is 13.1. The fraction of sp³-hybridized carbons (Fsp3) is 0.200. The summed E-state index contributed by atoms with van der Waals surface area (Å²) in [6.07, 6.45) is 1.04. The van der Waals surface area contributed by atoms with Gasteiger partial charge in [0, 0.05) is 6.04 Å². The van der Waals surface area contributed by atoms with Crippen molar-refractivity contribution in [1.82, 2.24) is 0 Å². The summed E-state index contributed by atoms with van der Waals surface area (Å²) in [4.78, 5) is 0. The summed E-state index contributed by atoms with van der Waals surface area (Å²) in [5, 5.41) is 0.966. The van der Waals surface area contributed by atoms with Crippen LogP contribution < -0.4 is 5.73 Å². The van der Waals surface area contributed by atoms with Crippen molar-refractivity contribution < 1.29 is 8.78 Å². The highest BCUT2D eigenvalue weighted by molar-refractivity contribution is 6.42. The molecular weight excluding hydrogens is 303 g/mol. The van der Waals surface area contributed by atoms with E-state index in [1.807, 2.05) is 6.07 Å². The van der Waals surface area contributed by atoms with Gasteiger partial charge in [-0.3, -0.25) is 0 Å². The van der Waals surface area contributed by atoms with Crippen molar-refractivity contribution in [2.24, 2.45) is 5.73 Å². The highest BCUT2D eigenvalue weighted by Gasteiger charge is 2.09. The lowest BCUT2D eigenvalue weighted by Gasteiger charge is -2.12. The lowest BCUT2D eigenvalue weighted by atomic mass is 10.00. The molecule has 0 saturated carbocycles. The van der Waals surface area contributed by atoms with Gasteiger partial charge < -0.3 is 5.73 Å². The zero-order chi connectivity index (χ0) is 14.7. The van der Waals surface area contributed by atoms with E-state index in [0.29, 0.717) is 28.5 Å².